The second-order valence-corrected chi connectivity index (χ2v) is 6.47. The predicted molar refractivity (Wildman–Crippen MR) is 105 cm³/mol. The van der Waals surface area contributed by atoms with Crippen molar-refractivity contribution >= 4 is 23.6 Å². The van der Waals surface area contributed by atoms with Crippen LogP contribution in [0.25, 0.3) is 0 Å². The Morgan fingerprint density at radius 1 is 1.29 bits per heavy atom. The minimum absolute atomic E-state index is 0.118. The standard InChI is InChI=1S/C20H27N3O5/c1-5-9-23-13(2)17(19(25)28-11-10-27-4)18(22-20(23)26)15-7-6-8-16(12-15)21-14(3)24/h6-8,12,18H,5,9-11H2,1-4H3,(H,21,24)(H,22,26)/t18-/m0/s1. The van der Waals surface area contributed by atoms with Crippen LogP contribution in [-0.4, -0.2) is 49.7 Å². The summed E-state index contributed by atoms with van der Waals surface area (Å²) in [4.78, 5) is 38.3. The van der Waals surface area contributed by atoms with Gasteiger partial charge in [0.05, 0.1) is 18.2 Å². The molecule has 1 atom stereocenters. The lowest BCUT2D eigenvalue weighted by Crippen LogP contribution is -2.48. The number of hydrogen-bond acceptors (Lipinski definition) is 5. The number of benzene rings is 1. The number of nitrogens with zero attached hydrogens (tertiary/aromatic N) is 1. The SMILES string of the molecule is CCCN1C(=O)N[C@@H](c2cccc(NC(C)=O)c2)C(C(=O)OCCOC)=C1C. The van der Waals surface area contributed by atoms with Gasteiger partial charge in [-0.05, 0) is 31.0 Å². The van der Waals surface area contributed by atoms with Gasteiger partial charge in [-0.25, -0.2) is 9.59 Å². The first-order valence-corrected chi connectivity index (χ1v) is 9.21. The number of rotatable bonds is 8. The maximum atomic E-state index is 12.8. The van der Waals surface area contributed by atoms with Crippen molar-refractivity contribution in [3.8, 4) is 0 Å². The Morgan fingerprint density at radius 3 is 2.68 bits per heavy atom. The molecule has 2 N–H and O–H groups in total. The van der Waals surface area contributed by atoms with E-state index in [2.05, 4.69) is 10.6 Å². The average Bonchev–Trinajstić information content (AvgIpc) is 2.64. The summed E-state index contributed by atoms with van der Waals surface area (Å²) in [6.07, 6.45) is 0.749. The first kappa shape index (κ1) is 21.4. The highest BCUT2D eigenvalue weighted by Gasteiger charge is 2.36. The normalized spacial score (nSPS) is 16.6. The van der Waals surface area contributed by atoms with Gasteiger partial charge in [0.15, 0.2) is 0 Å². The van der Waals surface area contributed by atoms with Crippen molar-refractivity contribution in [3.05, 3.63) is 41.1 Å². The van der Waals surface area contributed by atoms with E-state index in [1.165, 1.54) is 14.0 Å². The second-order valence-electron chi connectivity index (χ2n) is 6.47. The summed E-state index contributed by atoms with van der Waals surface area (Å²) in [5, 5.41) is 5.60. The van der Waals surface area contributed by atoms with Crippen LogP contribution in [0.5, 0.6) is 0 Å². The van der Waals surface area contributed by atoms with Crippen molar-refractivity contribution in [1.82, 2.24) is 10.2 Å². The van der Waals surface area contributed by atoms with Crippen molar-refractivity contribution in [1.29, 1.82) is 0 Å². The van der Waals surface area contributed by atoms with Gasteiger partial charge >= 0.3 is 12.0 Å². The van der Waals surface area contributed by atoms with Crippen LogP contribution in [-0.2, 0) is 19.1 Å². The molecular formula is C20H27N3O5. The number of hydrogen-bond donors (Lipinski definition) is 2. The van der Waals surface area contributed by atoms with E-state index in [4.69, 9.17) is 9.47 Å². The van der Waals surface area contributed by atoms with E-state index in [9.17, 15) is 14.4 Å². The van der Waals surface area contributed by atoms with E-state index in [1.807, 2.05) is 6.92 Å². The molecule has 0 aromatic heterocycles. The van der Waals surface area contributed by atoms with Gasteiger partial charge in [0.1, 0.15) is 6.61 Å². The molecule has 0 bridgehead atoms. The fourth-order valence-electron chi connectivity index (χ4n) is 3.08. The number of anilines is 1. The number of esters is 1. The molecular weight excluding hydrogens is 362 g/mol. The van der Waals surface area contributed by atoms with Gasteiger partial charge in [0, 0.05) is 32.0 Å². The predicted octanol–water partition coefficient (Wildman–Crippen LogP) is 2.58. The number of ether oxygens (including phenoxy) is 2. The molecule has 0 unspecified atom stereocenters. The number of amides is 3. The first-order chi connectivity index (χ1) is 13.4. The summed E-state index contributed by atoms with van der Waals surface area (Å²) in [5.74, 6) is -0.713. The van der Waals surface area contributed by atoms with Crippen molar-refractivity contribution in [2.24, 2.45) is 0 Å². The van der Waals surface area contributed by atoms with Crippen molar-refractivity contribution in [3.63, 3.8) is 0 Å². The molecule has 3 amide bonds. The number of urea groups is 1. The highest BCUT2D eigenvalue weighted by molar-refractivity contribution is 5.95. The summed E-state index contributed by atoms with van der Waals surface area (Å²) in [5.41, 5.74) is 2.18. The Hall–Kier alpha value is -2.87. The molecule has 1 aliphatic rings. The van der Waals surface area contributed by atoms with Gasteiger partial charge in [-0.15, -0.1) is 0 Å². The Balaban J connectivity index is 2.43. The monoisotopic (exact) mass is 389 g/mol. The smallest absolute Gasteiger partial charge is 0.338 e. The van der Waals surface area contributed by atoms with Gasteiger partial charge in [-0.1, -0.05) is 19.1 Å². The zero-order valence-corrected chi connectivity index (χ0v) is 16.7. The van der Waals surface area contributed by atoms with E-state index >= 15 is 0 Å². The van der Waals surface area contributed by atoms with Gasteiger partial charge < -0.3 is 20.1 Å². The quantitative estimate of drug-likeness (QED) is 0.526. The Labute approximate surface area is 164 Å². The van der Waals surface area contributed by atoms with Crippen LogP contribution in [0.3, 0.4) is 0 Å². The highest BCUT2D eigenvalue weighted by Crippen LogP contribution is 2.32. The third-order valence-corrected chi connectivity index (χ3v) is 4.32. The molecule has 1 aliphatic heterocycles. The summed E-state index contributed by atoms with van der Waals surface area (Å²) in [6.45, 7) is 6.01. The van der Waals surface area contributed by atoms with Gasteiger partial charge in [0.2, 0.25) is 5.91 Å². The van der Waals surface area contributed by atoms with Crippen molar-refractivity contribution in [2.75, 3.05) is 32.2 Å². The average molecular weight is 389 g/mol. The lowest BCUT2D eigenvalue weighted by molar-refractivity contribution is -0.141. The molecule has 0 radical (unpaired) electrons. The van der Waals surface area contributed by atoms with E-state index in [-0.39, 0.29) is 25.2 Å². The molecule has 8 nitrogen and oxygen atoms in total. The Kier molecular flexibility index (Phi) is 7.57. The molecule has 28 heavy (non-hydrogen) atoms. The third-order valence-electron chi connectivity index (χ3n) is 4.32. The molecule has 0 fully saturated rings. The molecule has 1 heterocycles. The second kappa shape index (κ2) is 9.89. The van der Waals surface area contributed by atoms with E-state index in [0.29, 0.717) is 29.1 Å². The van der Waals surface area contributed by atoms with Crippen LogP contribution in [0.1, 0.15) is 38.8 Å². The Bertz CT molecular complexity index is 775. The largest absolute Gasteiger partial charge is 0.460 e. The van der Waals surface area contributed by atoms with E-state index in [0.717, 1.165) is 6.42 Å². The lowest BCUT2D eigenvalue weighted by atomic mass is 9.94. The van der Waals surface area contributed by atoms with Crippen molar-refractivity contribution in [2.45, 2.75) is 33.2 Å². The lowest BCUT2D eigenvalue weighted by Gasteiger charge is -2.35. The summed E-state index contributed by atoms with van der Waals surface area (Å²) >= 11 is 0. The maximum Gasteiger partial charge on any atom is 0.338 e. The summed E-state index contributed by atoms with van der Waals surface area (Å²) < 4.78 is 10.3. The van der Waals surface area contributed by atoms with Crippen LogP contribution in [0.2, 0.25) is 0 Å². The number of carbonyl (C=O) groups is 3. The maximum absolute atomic E-state index is 12.8. The zero-order valence-electron chi connectivity index (χ0n) is 16.7. The van der Waals surface area contributed by atoms with Crippen LogP contribution >= 0.6 is 0 Å². The fourth-order valence-corrected chi connectivity index (χ4v) is 3.08. The van der Waals surface area contributed by atoms with Crippen LogP contribution < -0.4 is 10.6 Å². The molecule has 1 aromatic rings. The fraction of sp³-hybridized carbons (Fsp3) is 0.450. The topological polar surface area (TPSA) is 97.0 Å². The Morgan fingerprint density at radius 2 is 2.04 bits per heavy atom. The third kappa shape index (κ3) is 5.10. The molecule has 0 saturated heterocycles. The minimum Gasteiger partial charge on any atom is -0.460 e. The van der Waals surface area contributed by atoms with Gasteiger partial charge in [-0.3, -0.25) is 9.69 Å². The van der Waals surface area contributed by atoms with Gasteiger partial charge in [0.25, 0.3) is 0 Å². The zero-order chi connectivity index (χ0) is 20.7. The number of methoxy groups -OCH3 is 1. The molecule has 1 aromatic carbocycles. The molecule has 8 heteroatoms. The number of carbonyl (C=O) groups excluding carboxylic acids is 3. The minimum atomic E-state index is -0.677. The van der Waals surface area contributed by atoms with E-state index in [1.54, 1.807) is 36.1 Å². The van der Waals surface area contributed by atoms with E-state index < -0.39 is 12.0 Å². The molecule has 152 valence electrons. The van der Waals surface area contributed by atoms with Crippen LogP contribution in [0, 0.1) is 0 Å². The molecule has 0 saturated carbocycles. The molecule has 0 spiro atoms. The van der Waals surface area contributed by atoms with Gasteiger partial charge in [-0.2, -0.15) is 0 Å². The van der Waals surface area contributed by atoms with Crippen LogP contribution in [0.15, 0.2) is 35.5 Å². The molecule has 0 aliphatic carbocycles. The molecule has 2 rings (SSSR count). The van der Waals surface area contributed by atoms with Crippen molar-refractivity contribution < 1.29 is 23.9 Å². The summed E-state index contributed by atoms with van der Waals surface area (Å²) in [6, 6.07) is 6.08. The van der Waals surface area contributed by atoms with Crippen LogP contribution in [0.4, 0.5) is 10.5 Å². The summed E-state index contributed by atoms with van der Waals surface area (Å²) in [7, 11) is 1.53. The number of nitrogens with one attached hydrogen (secondary N) is 2. The number of allylic oxidation sites excluding steroid dienone is 1. The highest BCUT2D eigenvalue weighted by atomic mass is 16.6. The first-order valence-electron chi connectivity index (χ1n) is 9.21.